The first-order valence-corrected chi connectivity index (χ1v) is 51.9. The molecule has 780 valence electrons. The van der Waals surface area contributed by atoms with Crippen molar-refractivity contribution >= 4 is 60.7 Å². The number of hydrogen-bond acceptors (Lipinski definition) is 10. The summed E-state index contributed by atoms with van der Waals surface area (Å²) >= 11 is 0. The van der Waals surface area contributed by atoms with Gasteiger partial charge in [0.15, 0.2) is 17.3 Å². The number of phenols is 1. The van der Waals surface area contributed by atoms with Crippen LogP contribution in [0.4, 0.5) is 13.2 Å². The van der Waals surface area contributed by atoms with Crippen molar-refractivity contribution in [1.82, 2.24) is 10.6 Å². The molecule has 12 nitrogen and oxygen atoms in total. The molecule has 0 aliphatic carbocycles. The van der Waals surface area contributed by atoms with Crippen LogP contribution < -0.4 is 34.3 Å². The Labute approximate surface area is 876 Å². The Morgan fingerprint density at radius 3 is 1.18 bits per heavy atom. The highest BCUT2D eigenvalue weighted by Gasteiger charge is 2.30. The van der Waals surface area contributed by atoms with Crippen LogP contribution in [0.25, 0.3) is 43.1 Å². The molecule has 0 fully saturated rings. The van der Waals surface area contributed by atoms with Crippen molar-refractivity contribution < 1.29 is 61.1 Å². The maximum absolute atomic E-state index is 12.0. The lowest BCUT2D eigenvalue weighted by Crippen LogP contribution is -2.31. The highest BCUT2D eigenvalue weighted by atomic mass is 19.4. The molecular formula is C132H161F3N2O10. The fourth-order valence-corrected chi connectivity index (χ4v) is 15.4. The number of Topliss-reactive ketones (excluding diaryl/α,β-unsaturated/α-hetero) is 1. The van der Waals surface area contributed by atoms with E-state index in [4.69, 9.17) is 33.5 Å². The molecule has 0 saturated carbocycles. The fraction of sp³-hybridized carbons (Fsp3) is 0.311. The predicted octanol–water partition coefficient (Wildman–Crippen LogP) is 33.9. The molecule has 0 saturated heterocycles. The number of rotatable bonds is 30. The molecule has 147 heavy (non-hydrogen) atoms. The van der Waals surface area contributed by atoms with Crippen molar-refractivity contribution in [2.24, 2.45) is 0 Å². The number of methoxy groups -OCH3 is 4. The summed E-state index contributed by atoms with van der Waals surface area (Å²) in [6.45, 7) is 32.1. The Balaban J connectivity index is 0.000000283. The minimum Gasteiger partial charge on any atom is -0.508 e. The number of benzene rings is 16. The molecule has 16 aromatic rings. The number of phenolic OH excluding ortho intramolecular Hbond substituents is 1. The van der Waals surface area contributed by atoms with Gasteiger partial charge in [-0.15, -0.1) is 0 Å². The van der Waals surface area contributed by atoms with Gasteiger partial charge in [0.2, 0.25) is 17.6 Å². The first-order chi connectivity index (χ1) is 71.2. The number of fused-ring (bicyclic) bond motifs is 4. The SMILES string of the molecule is CC(=O)NC(C)Cc1ccccc1.CC(=O)NC(C)c1ccccc1.CC(=O)c1ccccc1.CCCCOc1ccc(CCC)cc1.CCCc1c2ccccc2cc2ccccc12.CCCc1ccc2ccccc2c1.CCCc1cccc2ccccc12.CCc1cc(OC)c(OC)c(OC)c1.CCc1ccc(C(F)(F)F)cc1.CCc1ccc(O)cc1.CCc1ccc(OCCOC)cc1.CCc1ccccc1. The minimum absolute atomic E-state index is 0.00588. The third kappa shape index (κ3) is 49.0. The van der Waals surface area contributed by atoms with E-state index in [1.807, 2.05) is 142 Å². The maximum atomic E-state index is 12.0. The van der Waals surface area contributed by atoms with Crippen molar-refractivity contribution in [3.05, 3.63) is 442 Å². The van der Waals surface area contributed by atoms with Crippen LogP contribution >= 0.6 is 0 Å². The topological polar surface area (TPSA) is 151 Å². The Morgan fingerprint density at radius 1 is 0.333 bits per heavy atom. The van der Waals surface area contributed by atoms with Gasteiger partial charge < -0.3 is 44.2 Å². The first kappa shape index (κ1) is 123. The van der Waals surface area contributed by atoms with Gasteiger partial charge in [-0.2, -0.15) is 13.2 Å². The van der Waals surface area contributed by atoms with Crippen LogP contribution in [0.5, 0.6) is 34.5 Å². The summed E-state index contributed by atoms with van der Waals surface area (Å²) in [6.07, 6.45) is 13.5. The van der Waals surface area contributed by atoms with Gasteiger partial charge in [0.25, 0.3) is 0 Å². The van der Waals surface area contributed by atoms with E-state index < -0.39 is 11.7 Å². The molecule has 0 aliphatic heterocycles. The number of aromatic hydroxyl groups is 1. The lowest BCUT2D eigenvalue weighted by Gasteiger charge is -2.13. The Bertz CT molecular complexity index is 6160. The maximum Gasteiger partial charge on any atom is 0.416 e. The number of alkyl halides is 3. The number of ether oxygens (including phenoxy) is 6. The van der Waals surface area contributed by atoms with Crippen molar-refractivity contribution in [3.8, 4) is 34.5 Å². The number of unbranched alkanes of at least 4 members (excludes halogenated alkanes) is 1. The van der Waals surface area contributed by atoms with Crippen LogP contribution in [0.3, 0.4) is 0 Å². The molecule has 0 radical (unpaired) electrons. The van der Waals surface area contributed by atoms with E-state index in [1.54, 1.807) is 54.4 Å². The van der Waals surface area contributed by atoms with E-state index in [1.165, 1.54) is 157 Å². The number of nitrogens with one attached hydrogen (secondary N) is 2. The quantitative estimate of drug-likeness (QED) is 0.0225. The second kappa shape index (κ2) is 72.9. The highest BCUT2D eigenvalue weighted by molar-refractivity contribution is 6.02. The third-order valence-electron chi connectivity index (χ3n) is 23.4. The zero-order chi connectivity index (χ0) is 107. The molecule has 0 bridgehead atoms. The van der Waals surface area contributed by atoms with Crippen LogP contribution in [-0.4, -0.2) is 77.0 Å². The molecule has 16 rings (SSSR count). The molecule has 2 amide bonds. The van der Waals surface area contributed by atoms with E-state index in [0.717, 1.165) is 105 Å². The average molecular weight is 1990 g/mol. The Kier molecular flexibility index (Phi) is 61.1. The molecule has 0 spiro atoms. The molecule has 3 N–H and O–H groups in total. The molecule has 2 unspecified atom stereocenters. The van der Waals surface area contributed by atoms with Gasteiger partial charge in [-0.25, -0.2) is 0 Å². The van der Waals surface area contributed by atoms with E-state index in [0.29, 0.717) is 36.2 Å². The molecule has 16 aromatic carbocycles. The largest absolute Gasteiger partial charge is 0.508 e. The molecule has 0 aromatic heterocycles. The number of carbonyl (C=O) groups excluding carboxylic acids is 3. The van der Waals surface area contributed by atoms with E-state index in [2.05, 4.69) is 285 Å². The normalized spacial score (nSPS) is 10.6. The first-order valence-electron chi connectivity index (χ1n) is 51.9. The van der Waals surface area contributed by atoms with Crippen LogP contribution in [0.2, 0.25) is 0 Å². The van der Waals surface area contributed by atoms with Crippen molar-refractivity contribution in [2.75, 3.05) is 48.3 Å². The van der Waals surface area contributed by atoms with Gasteiger partial charge in [-0.3, -0.25) is 14.4 Å². The molecule has 2 atom stereocenters. The van der Waals surface area contributed by atoms with Gasteiger partial charge in [-0.1, -0.05) is 405 Å². The zero-order valence-corrected chi connectivity index (χ0v) is 90.6. The van der Waals surface area contributed by atoms with Gasteiger partial charge in [0.1, 0.15) is 23.9 Å². The summed E-state index contributed by atoms with van der Waals surface area (Å²) in [6, 6.07) is 123. The summed E-state index contributed by atoms with van der Waals surface area (Å²) in [5.74, 6) is 4.48. The summed E-state index contributed by atoms with van der Waals surface area (Å²) in [5.41, 5.74) is 14.5. The smallest absolute Gasteiger partial charge is 0.416 e. The van der Waals surface area contributed by atoms with Gasteiger partial charge in [0, 0.05) is 32.6 Å². The van der Waals surface area contributed by atoms with Crippen LogP contribution in [0, 0.1) is 0 Å². The second-order valence-corrected chi connectivity index (χ2v) is 35.1. The molecule has 0 aliphatic rings. The summed E-state index contributed by atoms with van der Waals surface area (Å²) in [4.78, 5) is 32.1. The Morgan fingerprint density at radius 2 is 0.735 bits per heavy atom. The monoisotopic (exact) mass is 1990 g/mol. The predicted molar refractivity (Wildman–Crippen MR) is 614 cm³/mol. The molecular weight excluding hydrogens is 1830 g/mol. The van der Waals surface area contributed by atoms with Crippen LogP contribution in [0.15, 0.2) is 370 Å². The summed E-state index contributed by atoms with van der Waals surface area (Å²) in [7, 11) is 6.52. The number of halogens is 3. The van der Waals surface area contributed by atoms with Crippen molar-refractivity contribution in [1.29, 1.82) is 0 Å². The summed E-state index contributed by atoms with van der Waals surface area (Å²) in [5, 5.41) is 25.5. The number of aryl methyl sites for hydroxylation is 9. The van der Waals surface area contributed by atoms with Gasteiger partial charge in [-0.05, 0) is 262 Å². The van der Waals surface area contributed by atoms with Crippen molar-refractivity contribution in [2.45, 2.75) is 225 Å². The van der Waals surface area contributed by atoms with E-state index >= 15 is 0 Å². The third-order valence-corrected chi connectivity index (χ3v) is 23.4. The zero-order valence-electron chi connectivity index (χ0n) is 90.6. The van der Waals surface area contributed by atoms with E-state index in [9.17, 15) is 27.6 Å². The van der Waals surface area contributed by atoms with Gasteiger partial charge >= 0.3 is 6.18 Å². The second-order valence-electron chi connectivity index (χ2n) is 35.1. The average Bonchev–Trinajstić information content (AvgIpc) is 0.612. The van der Waals surface area contributed by atoms with E-state index in [-0.39, 0.29) is 29.7 Å². The molecule has 15 heteroatoms. The van der Waals surface area contributed by atoms with Crippen LogP contribution in [0.1, 0.15) is 226 Å². The van der Waals surface area contributed by atoms with Gasteiger partial charge in [0.05, 0.1) is 46.1 Å². The Hall–Kier alpha value is -14.3. The van der Waals surface area contributed by atoms with Crippen LogP contribution in [-0.2, 0) is 84.7 Å². The number of amides is 2. The number of carbonyl (C=O) groups is 3. The standard InChI is InChI=1S/C17H16.C13H20O.2C13H14.C11H15NO.C11H16O3.C11H16O2.C10H13NO.C9H9F3.C8H8O.C8H10O.C8H10/c1-2-7-17-15-10-5-3-8-13(15)12-14-9-4-6-11-16(14)17;1-3-5-11-14-13-9-7-12(6-4-2)8-10-13;1-2-6-11-8-5-9-12-7-3-4-10-13(11)12;1-2-5-11-8-9-12-6-3-4-7-13(12)10-11;1-9(12-10(2)13)8-11-6-4-3-5-7-11;1-5-8-6-9(12-2)11(14-4)10(7-8)13-3;1-3-10-4-6-11(7-5-10)13-9-8-12-2;1-8(11-9(2)12)10-6-4-3-5-7-10;1-2-7-3-5-8(6-4-7)9(10,11)12;1-7(9)8-5-3-2-4-6-8;1-2-7-3-5-8(9)6-4-7;1-2-8-6-4-3-5-7-8/h3-6,8-12H,2,7H2,1H3;7-10H,3-6,11H2,1-2H3;3-5,7-10H,2,6H2,1H3;3-4,6-10H,2,5H2,1H3;3-7,9H,8H2,1-2H3,(H,12,13);6-7H,5H2,1-4H3;4-7H,3,8-9H2,1-2H3;3-8H,1-2H3,(H,11,12);3-6H,2H2,1H3;2-6H,1H3;3-6,9H,2H2,1H3;3-7H,2H2,1H3. The van der Waals surface area contributed by atoms with Crippen molar-refractivity contribution in [3.63, 3.8) is 0 Å². The highest BCUT2D eigenvalue weighted by Crippen LogP contribution is 2.39. The lowest BCUT2D eigenvalue weighted by molar-refractivity contribution is -0.137. The number of ketones is 1. The number of hydrogen-bond donors (Lipinski definition) is 3. The lowest BCUT2D eigenvalue weighted by atomic mass is 9.94. The minimum atomic E-state index is -4.22. The molecule has 0 heterocycles. The fourth-order valence-electron chi connectivity index (χ4n) is 15.4. The summed E-state index contributed by atoms with van der Waals surface area (Å²) < 4.78 is 67.6.